The Balaban J connectivity index is 1.42. The van der Waals surface area contributed by atoms with Gasteiger partial charge < -0.3 is 24.6 Å². The smallest absolute Gasteiger partial charge is 0.257 e. The number of nitrogens with one attached hydrogen (secondary N) is 1. The van der Waals surface area contributed by atoms with Crippen LogP contribution in [0.15, 0.2) is 36.5 Å². The lowest BCUT2D eigenvalue weighted by molar-refractivity contribution is 0.102. The second kappa shape index (κ2) is 7.21. The summed E-state index contributed by atoms with van der Waals surface area (Å²) in [4.78, 5) is 21.5. The minimum atomic E-state index is -0.195. The number of piperazine rings is 1. The Morgan fingerprint density at radius 2 is 1.81 bits per heavy atom. The topological polar surface area (TPSA) is 66.9 Å². The summed E-state index contributed by atoms with van der Waals surface area (Å²) in [5.41, 5.74) is 1.19. The van der Waals surface area contributed by atoms with Gasteiger partial charge in [-0.25, -0.2) is 4.98 Å². The van der Waals surface area contributed by atoms with Gasteiger partial charge in [-0.15, -0.1) is 0 Å². The maximum Gasteiger partial charge on any atom is 0.257 e. The largest absolute Gasteiger partial charge is 0.486 e. The first-order chi connectivity index (χ1) is 12.7. The monoisotopic (exact) mass is 354 g/mol. The number of carbonyl (C=O) groups is 1. The van der Waals surface area contributed by atoms with E-state index in [1.165, 1.54) is 0 Å². The van der Waals surface area contributed by atoms with Gasteiger partial charge in [0.1, 0.15) is 19.0 Å². The van der Waals surface area contributed by atoms with Crippen molar-refractivity contribution in [2.45, 2.75) is 0 Å². The predicted octanol–water partition coefficient (Wildman–Crippen LogP) is 1.86. The Morgan fingerprint density at radius 3 is 2.54 bits per heavy atom. The van der Waals surface area contributed by atoms with E-state index in [4.69, 9.17) is 9.47 Å². The van der Waals surface area contributed by atoms with Crippen molar-refractivity contribution < 1.29 is 14.3 Å². The van der Waals surface area contributed by atoms with Gasteiger partial charge >= 0.3 is 0 Å². The molecule has 0 aliphatic carbocycles. The molecule has 0 saturated carbocycles. The Hall–Kier alpha value is -2.80. The van der Waals surface area contributed by atoms with Gasteiger partial charge in [0.2, 0.25) is 0 Å². The van der Waals surface area contributed by atoms with E-state index in [0.717, 1.165) is 32.0 Å². The number of fused-ring (bicyclic) bond motifs is 1. The molecule has 0 radical (unpaired) electrons. The first-order valence-electron chi connectivity index (χ1n) is 8.79. The van der Waals surface area contributed by atoms with E-state index in [0.29, 0.717) is 36.0 Å². The molecule has 1 aromatic heterocycles. The molecule has 7 heteroatoms. The minimum Gasteiger partial charge on any atom is -0.486 e. The fraction of sp³-hybridized carbons (Fsp3) is 0.368. The zero-order valence-electron chi connectivity index (χ0n) is 14.8. The van der Waals surface area contributed by atoms with Crippen LogP contribution in [0.5, 0.6) is 11.5 Å². The molecule has 0 atom stereocenters. The maximum absolute atomic E-state index is 12.5. The minimum absolute atomic E-state index is 0.195. The molecule has 1 amide bonds. The van der Waals surface area contributed by atoms with E-state index in [2.05, 4.69) is 27.1 Å². The van der Waals surface area contributed by atoms with Crippen molar-refractivity contribution in [3.8, 4) is 11.5 Å². The number of rotatable bonds is 3. The number of carbonyl (C=O) groups excluding carboxylic acids is 1. The predicted molar refractivity (Wildman–Crippen MR) is 99.3 cm³/mol. The van der Waals surface area contributed by atoms with Crippen molar-refractivity contribution in [1.82, 2.24) is 9.88 Å². The molecule has 2 aliphatic heterocycles. The van der Waals surface area contributed by atoms with Gasteiger partial charge in [0.15, 0.2) is 11.5 Å². The molecule has 2 aromatic rings. The number of amides is 1. The highest BCUT2D eigenvalue weighted by molar-refractivity contribution is 6.04. The van der Waals surface area contributed by atoms with Crippen molar-refractivity contribution in [2.75, 3.05) is 56.7 Å². The number of hydrogen-bond donors (Lipinski definition) is 1. The molecule has 26 heavy (non-hydrogen) atoms. The lowest BCUT2D eigenvalue weighted by atomic mass is 10.2. The van der Waals surface area contributed by atoms with Crippen LogP contribution >= 0.6 is 0 Å². The van der Waals surface area contributed by atoms with Crippen LogP contribution in [0, 0.1) is 0 Å². The zero-order valence-corrected chi connectivity index (χ0v) is 14.8. The van der Waals surface area contributed by atoms with E-state index in [9.17, 15) is 4.79 Å². The van der Waals surface area contributed by atoms with Crippen LogP contribution in [0.1, 0.15) is 10.4 Å². The zero-order chi connectivity index (χ0) is 17.9. The molecule has 136 valence electrons. The molecule has 7 nitrogen and oxygen atoms in total. The summed E-state index contributed by atoms with van der Waals surface area (Å²) in [6.45, 7) is 5.01. The second-order valence-corrected chi connectivity index (χ2v) is 6.51. The highest BCUT2D eigenvalue weighted by Crippen LogP contribution is 2.32. The number of anilines is 2. The Morgan fingerprint density at radius 1 is 1.04 bits per heavy atom. The summed E-state index contributed by atoms with van der Waals surface area (Å²) in [5, 5.41) is 2.88. The van der Waals surface area contributed by atoms with Crippen molar-refractivity contribution in [3.63, 3.8) is 0 Å². The van der Waals surface area contributed by atoms with Crippen LogP contribution in [-0.4, -0.2) is 62.2 Å². The van der Waals surface area contributed by atoms with Crippen molar-refractivity contribution in [2.24, 2.45) is 0 Å². The highest BCUT2D eigenvalue weighted by Gasteiger charge is 2.17. The number of likely N-dealkylation sites (N-methyl/N-ethyl adjacent to an activating group) is 1. The maximum atomic E-state index is 12.5. The highest BCUT2D eigenvalue weighted by atomic mass is 16.6. The molecule has 0 bridgehead atoms. The number of benzene rings is 1. The molecule has 1 fully saturated rings. The fourth-order valence-electron chi connectivity index (χ4n) is 3.07. The average Bonchev–Trinajstić information content (AvgIpc) is 2.68. The van der Waals surface area contributed by atoms with Gasteiger partial charge in [0.25, 0.3) is 5.91 Å². The third-order valence-electron chi connectivity index (χ3n) is 4.64. The molecular weight excluding hydrogens is 332 g/mol. The van der Waals surface area contributed by atoms with E-state index in [1.54, 1.807) is 24.4 Å². The third-order valence-corrected chi connectivity index (χ3v) is 4.64. The van der Waals surface area contributed by atoms with Gasteiger partial charge in [0, 0.05) is 44.1 Å². The molecule has 3 heterocycles. The fourth-order valence-corrected chi connectivity index (χ4v) is 3.07. The summed E-state index contributed by atoms with van der Waals surface area (Å²) in [7, 11) is 2.12. The molecule has 2 aliphatic rings. The van der Waals surface area contributed by atoms with Gasteiger partial charge in [-0.05, 0) is 31.3 Å². The molecule has 1 aromatic carbocycles. The molecule has 0 unspecified atom stereocenters. The standard InChI is InChI=1S/C19H22N4O3/c1-22-6-8-23(9-7-22)18-5-2-14(13-20-18)19(24)21-15-3-4-16-17(12-15)26-11-10-25-16/h2-5,12-13H,6-11H2,1H3,(H,21,24). The van der Waals surface area contributed by atoms with Crippen LogP contribution in [-0.2, 0) is 0 Å². The molecule has 1 N–H and O–H groups in total. The van der Waals surface area contributed by atoms with Gasteiger partial charge in [-0.2, -0.15) is 0 Å². The van der Waals surface area contributed by atoms with Crippen LogP contribution in [0.4, 0.5) is 11.5 Å². The van der Waals surface area contributed by atoms with E-state index < -0.39 is 0 Å². The summed E-state index contributed by atoms with van der Waals surface area (Å²) in [5.74, 6) is 2.07. The molecule has 0 spiro atoms. The first-order valence-corrected chi connectivity index (χ1v) is 8.79. The number of pyridine rings is 1. The molecule has 1 saturated heterocycles. The lowest BCUT2D eigenvalue weighted by Gasteiger charge is -2.33. The van der Waals surface area contributed by atoms with Crippen LogP contribution in [0.3, 0.4) is 0 Å². The SMILES string of the molecule is CN1CCN(c2ccc(C(=O)Nc3ccc4c(c3)OCCO4)cn2)CC1. The second-order valence-electron chi connectivity index (χ2n) is 6.51. The summed E-state index contributed by atoms with van der Waals surface area (Å²) in [6.07, 6.45) is 1.63. The summed E-state index contributed by atoms with van der Waals surface area (Å²) < 4.78 is 11.0. The number of aromatic nitrogens is 1. The molecular formula is C19H22N4O3. The summed E-state index contributed by atoms with van der Waals surface area (Å²) >= 11 is 0. The van der Waals surface area contributed by atoms with Crippen LogP contribution in [0.2, 0.25) is 0 Å². The van der Waals surface area contributed by atoms with Gasteiger partial charge in [0.05, 0.1) is 5.56 Å². The van der Waals surface area contributed by atoms with Crippen LogP contribution in [0.25, 0.3) is 0 Å². The first kappa shape index (κ1) is 16.7. The van der Waals surface area contributed by atoms with E-state index in [1.807, 2.05) is 12.1 Å². The lowest BCUT2D eigenvalue weighted by Crippen LogP contribution is -2.44. The van der Waals surface area contributed by atoms with Crippen LogP contribution < -0.4 is 19.7 Å². The number of nitrogens with zero attached hydrogens (tertiary/aromatic N) is 3. The normalized spacial score (nSPS) is 17.0. The third kappa shape index (κ3) is 3.57. The number of ether oxygens (including phenoxy) is 2. The van der Waals surface area contributed by atoms with E-state index in [-0.39, 0.29) is 5.91 Å². The quantitative estimate of drug-likeness (QED) is 0.908. The van der Waals surface area contributed by atoms with E-state index >= 15 is 0 Å². The van der Waals surface area contributed by atoms with Gasteiger partial charge in [-0.1, -0.05) is 0 Å². The molecule has 4 rings (SSSR count). The van der Waals surface area contributed by atoms with Crippen molar-refractivity contribution in [3.05, 3.63) is 42.1 Å². The Bertz CT molecular complexity index is 786. The number of hydrogen-bond acceptors (Lipinski definition) is 6. The van der Waals surface area contributed by atoms with Gasteiger partial charge in [-0.3, -0.25) is 4.79 Å². The van der Waals surface area contributed by atoms with Crippen molar-refractivity contribution in [1.29, 1.82) is 0 Å². The Labute approximate surface area is 152 Å². The van der Waals surface area contributed by atoms with Crippen molar-refractivity contribution >= 4 is 17.4 Å². The average molecular weight is 354 g/mol. The summed E-state index contributed by atoms with van der Waals surface area (Å²) in [6, 6.07) is 9.10. The Kier molecular flexibility index (Phi) is 4.62.